The third-order valence-electron chi connectivity index (χ3n) is 3.25. The molecule has 0 unspecified atom stereocenters. The third-order valence-corrected chi connectivity index (χ3v) is 4.07. The fraction of sp³-hybridized carbons (Fsp3) is 0.200. The van der Waals surface area contributed by atoms with Crippen LogP contribution in [0.3, 0.4) is 0 Å². The van der Waals surface area contributed by atoms with Crippen LogP contribution in [0.25, 0.3) is 10.2 Å². The Hall–Kier alpha value is -2.15. The van der Waals surface area contributed by atoms with E-state index in [9.17, 15) is 13.2 Å². The monoisotopic (exact) mass is 323 g/mol. The van der Waals surface area contributed by atoms with E-state index in [0.717, 1.165) is 33.7 Å². The Morgan fingerprint density at radius 1 is 1.05 bits per heavy atom. The van der Waals surface area contributed by atoms with Crippen molar-refractivity contribution in [2.24, 2.45) is 0 Å². The number of fused-ring (bicyclic) bond motifs is 1. The molecule has 0 spiro atoms. The molecule has 2 aromatic heterocycles. The molecule has 2 heterocycles. The summed E-state index contributed by atoms with van der Waals surface area (Å²) in [6, 6.07) is 7.17. The minimum Gasteiger partial charge on any atom is -0.369 e. The fourth-order valence-electron chi connectivity index (χ4n) is 2.12. The predicted octanol–water partition coefficient (Wildman–Crippen LogP) is 4.36. The number of halogens is 3. The van der Waals surface area contributed by atoms with Gasteiger partial charge in [-0.15, -0.1) is 11.3 Å². The second kappa shape index (κ2) is 5.92. The number of hydrogen-bond acceptors (Lipinski definition) is 4. The zero-order valence-corrected chi connectivity index (χ0v) is 12.2. The summed E-state index contributed by atoms with van der Waals surface area (Å²) in [5, 5.41) is 6.10. The molecule has 114 valence electrons. The lowest BCUT2D eigenvalue weighted by Crippen LogP contribution is -2.08. The quantitative estimate of drug-likeness (QED) is 0.775. The van der Waals surface area contributed by atoms with E-state index in [2.05, 4.69) is 15.3 Å². The van der Waals surface area contributed by atoms with Crippen LogP contribution in [0.5, 0.6) is 0 Å². The summed E-state index contributed by atoms with van der Waals surface area (Å²) < 4.78 is 37.5. The lowest BCUT2D eigenvalue weighted by atomic mass is 10.1. The second-order valence-corrected chi connectivity index (χ2v) is 5.63. The van der Waals surface area contributed by atoms with E-state index in [0.29, 0.717) is 13.0 Å². The van der Waals surface area contributed by atoms with Crippen molar-refractivity contribution in [1.29, 1.82) is 0 Å². The van der Waals surface area contributed by atoms with Gasteiger partial charge in [0.05, 0.1) is 10.9 Å². The van der Waals surface area contributed by atoms with Gasteiger partial charge in [-0.2, -0.15) is 13.2 Å². The Kier molecular flexibility index (Phi) is 3.98. The van der Waals surface area contributed by atoms with Gasteiger partial charge in [0.1, 0.15) is 17.0 Å². The normalized spacial score (nSPS) is 11.8. The molecule has 0 aliphatic heterocycles. The molecule has 3 rings (SSSR count). The lowest BCUT2D eigenvalue weighted by molar-refractivity contribution is -0.137. The smallest absolute Gasteiger partial charge is 0.369 e. The van der Waals surface area contributed by atoms with Crippen molar-refractivity contribution >= 4 is 27.4 Å². The van der Waals surface area contributed by atoms with Crippen LogP contribution in [0.2, 0.25) is 0 Å². The molecule has 0 aliphatic carbocycles. The van der Waals surface area contributed by atoms with E-state index in [1.165, 1.54) is 29.8 Å². The summed E-state index contributed by atoms with van der Waals surface area (Å²) in [5.74, 6) is 0.748. The van der Waals surface area contributed by atoms with Gasteiger partial charge < -0.3 is 5.32 Å². The highest BCUT2D eigenvalue weighted by Gasteiger charge is 2.29. The number of alkyl halides is 3. The van der Waals surface area contributed by atoms with Gasteiger partial charge in [-0.25, -0.2) is 9.97 Å². The number of aromatic nitrogens is 2. The van der Waals surface area contributed by atoms with Crippen LogP contribution in [0, 0.1) is 0 Å². The molecular formula is C15H12F3N3S. The van der Waals surface area contributed by atoms with Crippen LogP contribution in [0.15, 0.2) is 42.0 Å². The van der Waals surface area contributed by atoms with Crippen LogP contribution in [-0.2, 0) is 12.6 Å². The predicted molar refractivity (Wildman–Crippen MR) is 81.1 cm³/mol. The fourth-order valence-corrected chi connectivity index (χ4v) is 2.85. The van der Waals surface area contributed by atoms with Gasteiger partial charge in [-0.1, -0.05) is 12.1 Å². The first-order valence-electron chi connectivity index (χ1n) is 6.62. The molecule has 3 nitrogen and oxygen atoms in total. The highest BCUT2D eigenvalue weighted by atomic mass is 32.1. The molecule has 7 heteroatoms. The molecule has 0 radical (unpaired) electrons. The standard InChI is InChI=1S/C15H12F3N3S/c16-15(17,18)11-3-1-10(2-4-11)5-7-19-13-12-6-8-22-14(12)21-9-20-13/h1-4,6,8-9H,5,7H2,(H,19,20,21). The SMILES string of the molecule is FC(F)(F)c1ccc(CCNc2ncnc3sccc23)cc1. The topological polar surface area (TPSA) is 37.8 Å². The van der Waals surface area contributed by atoms with Gasteiger partial charge >= 0.3 is 6.18 Å². The molecule has 0 fully saturated rings. The Balaban J connectivity index is 1.62. The zero-order chi connectivity index (χ0) is 15.6. The maximum Gasteiger partial charge on any atom is 0.416 e. The van der Waals surface area contributed by atoms with E-state index in [1.807, 2.05) is 11.4 Å². The van der Waals surface area contributed by atoms with Crippen molar-refractivity contribution in [1.82, 2.24) is 9.97 Å². The Labute approximate surface area is 128 Å². The van der Waals surface area contributed by atoms with Crippen LogP contribution >= 0.6 is 11.3 Å². The number of hydrogen-bond donors (Lipinski definition) is 1. The second-order valence-electron chi connectivity index (χ2n) is 4.73. The number of benzene rings is 1. The largest absolute Gasteiger partial charge is 0.416 e. The maximum atomic E-state index is 12.5. The first kappa shape index (κ1) is 14.8. The number of rotatable bonds is 4. The van der Waals surface area contributed by atoms with Crippen LogP contribution < -0.4 is 5.32 Å². The summed E-state index contributed by atoms with van der Waals surface area (Å²) in [6.07, 6.45) is -2.17. The zero-order valence-electron chi connectivity index (χ0n) is 11.4. The molecule has 0 atom stereocenters. The van der Waals surface area contributed by atoms with Crippen LogP contribution in [-0.4, -0.2) is 16.5 Å². The number of anilines is 1. The molecule has 1 N–H and O–H groups in total. The number of nitrogens with zero attached hydrogens (tertiary/aromatic N) is 2. The van der Waals surface area contributed by atoms with Crippen molar-refractivity contribution < 1.29 is 13.2 Å². The van der Waals surface area contributed by atoms with Crippen molar-refractivity contribution in [3.63, 3.8) is 0 Å². The average Bonchev–Trinajstić information content (AvgIpc) is 2.96. The first-order chi connectivity index (χ1) is 10.5. The van der Waals surface area contributed by atoms with Crippen molar-refractivity contribution in [2.45, 2.75) is 12.6 Å². The molecule has 0 bridgehead atoms. The van der Waals surface area contributed by atoms with E-state index in [-0.39, 0.29) is 0 Å². The van der Waals surface area contributed by atoms with Gasteiger partial charge in [0.15, 0.2) is 0 Å². The minimum absolute atomic E-state index is 0.591. The number of thiophene rings is 1. The van der Waals surface area contributed by atoms with Crippen LogP contribution in [0.1, 0.15) is 11.1 Å². The third kappa shape index (κ3) is 3.19. The van der Waals surface area contributed by atoms with Gasteiger partial charge in [0, 0.05) is 6.54 Å². The van der Waals surface area contributed by atoms with Crippen LogP contribution in [0.4, 0.5) is 19.0 Å². The molecule has 0 aliphatic rings. The van der Waals surface area contributed by atoms with E-state index in [4.69, 9.17) is 0 Å². The molecule has 1 aromatic carbocycles. The molecule has 0 saturated carbocycles. The maximum absolute atomic E-state index is 12.5. The molecule has 0 saturated heterocycles. The molecule has 0 amide bonds. The summed E-state index contributed by atoms with van der Waals surface area (Å²) in [6.45, 7) is 0.591. The summed E-state index contributed by atoms with van der Waals surface area (Å²) in [7, 11) is 0. The lowest BCUT2D eigenvalue weighted by Gasteiger charge is -2.09. The van der Waals surface area contributed by atoms with E-state index in [1.54, 1.807) is 0 Å². The summed E-state index contributed by atoms with van der Waals surface area (Å²) >= 11 is 1.54. The van der Waals surface area contributed by atoms with E-state index >= 15 is 0 Å². The first-order valence-corrected chi connectivity index (χ1v) is 7.50. The van der Waals surface area contributed by atoms with Gasteiger partial charge in [-0.05, 0) is 35.6 Å². The minimum atomic E-state index is -4.29. The van der Waals surface area contributed by atoms with Crippen molar-refractivity contribution in [2.75, 3.05) is 11.9 Å². The average molecular weight is 323 g/mol. The van der Waals surface area contributed by atoms with Crippen molar-refractivity contribution in [3.8, 4) is 0 Å². The summed E-state index contributed by atoms with van der Waals surface area (Å²) in [5.41, 5.74) is 0.219. The molecular weight excluding hydrogens is 311 g/mol. The molecule has 3 aromatic rings. The Bertz CT molecular complexity index is 766. The molecule has 22 heavy (non-hydrogen) atoms. The highest BCUT2D eigenvalue weighted by Crippen LogP contribution is 2.29. The van der Waals surface area contributed by atoms with Gasteiger partial charge in [0.25, 0.3) is 0 Å². The number of nitrogens with one attached hydrogen (secondary N) is 1. The van der Waals surface area contributed by atoms with Gasteiger partial charge in [0.2, 0.25) is 0 Å². The summed E-state index contributed by atoms with van der Waals surface area (Å²) in [4.78, 5) is 9.26. The van der Waals surface area contributed by atoms with Crippen molar-refractivity contribution in [3.05, 3.63) is 53.2 Å². The Morgan fingerprint density at radius 3 is 2.55 bits per heavy atom. The highest BCUT2D eigenvalue weighted by molar-refractivity contribution is 7.16. The van der Waals surface area contributed by atoms with E-state index < -0.39 is 11.7 Å². The Morgan fingerprint density at radius 2 is 1.82 bits per heavy atom. The van der Waals surface area contributed by atoms with Gasteiger partial charge in [-0.3, -0.25) is 0 Å².